The summed E-state index contributed by atoms with van der Waals surface area (Å²) in [7, 11) is 3.48. The van der Waals surface area contributed by atoms with Crippen molar-refractivity contribution < 1.29 is 9.53 Å². The molecule has 0 fully saturated rings. The molecule has 0 atom stereocenters. The summed E-state index contributed by atoms with van der Waals surface area (Å²) < 4.78 is 5.36. The molecule has 1 amide bonds. The fourth-order valence-electron chi connectivity index (χ4n) is 2.88. The number of amides is 1. The van der Waals surface area contributed by atoms with E-state index in [0.717, 1.165) is 42.0 Å². The zero-order chi connectivity index (χ0) is 16.2. The summed E-state index contributed by atoms with van der Waals surface area (Å²) in [5, 5.41) is 10.5. The average Bonchev–Trinajstić information content (AvgIpc) is 3.03. The molecule has 24 heavy (non-hydrogen) atoms. The number of benzene rings is 1. The molecule has 0 unspecified atom stereocenters. The molecule has 2 aromatic rings. The Morgan fingerprint density at radius 1 is 1.38 bits per heavy atom. The number of aromatic nitrogens is 2. The largest absolute Gasteiger partial charge is 0.496 e. The number of carbonyl (C=O) groups is 1. The molecule has 130 valence electrons. The van der Waals surface area contributed by atoms with Crippen molar-refractivity contribution >= 4 is 18.3 Å². The third-order valence-electron chi connectivity index (χ3n) is 4.26. The summed E-state index contributed by atoms with van der Waals surface area (Å²) in [6, 6.07) is 7.89. The van der Waals surface area contributed by atoms with Crippen LogP contribution in [0.2, 0.25) is 0 Å². The zero-order valence-electron chi connectivity index (χ0n) is 14.0. The number of halogens is 1. The second-order valence-corrected chi connectivity index (χ2v) is 5.74. The van der Waals surface area contributed by atoms with Crippen molar-refractivity contribution in [3.05, 3.63) is 46.8 Å². The number of methoxy groups -OCH3 is 1. The molecule has 7 heteroatoms. The van der Waals surface area contributed by atoms with Gasteiger partial charge in [-0.3, -0.25) is 9.89 Å². The molecule has 1 aliphatic heterocycles. The molecular formula is C17H23ClN4O2. The van der Waals surface area contributed by atoms with Crippen molar-refractivity contribution in [3.63, 3.8) is 0 Å². The number of nitrogens with zero attached hydrogens (tertiary/aromatic N) is 2. The zero-order valence-corrected chi connectivity index (χ0v) is 14.8. The van der Waals surface area contributed by atoms with E-state index in [1.165, 1.54) is 0 Å². The first-order chi connectivity index (χ1) is 11.2. The molecule has 0 aliphatic carbocycles. The number of para-hydroxylation sites is 1. The molecular weight excluding hydrogens is 328 g/mol. The molecule has 3 rings (SSSR count). The maximum absolute atomic E-state index is 12.6. The minimum Gasteiger partial charge on any atom is -0.496 e. The van der Waals surface area contributed by atoms with E-state index in [1.54, 1.807) is 12.0 Å². The number of fused-ring (bicyclic) bond motifs is 1. The lowest BCUT2D eigenvalue weighted by Crippen LogP contribution is -2.31. The Kier molecular flexibility index (Phi) is 6.23. The van der Waals surface area contributed by atoms with Gasteiger partial charge in [0.25, 0.3) is 5.91 Å². The molecule has 1 aliphatic rings. The molecule has 2 N–H and O–H groups in total. The summed E-state index contributed by atoms with van der Waals surface area (Å²) in [5.74, 6) is 0.816. The van der Waals surface area contributed by atoms with Gasteiger partial charge in [-0.25, -0.2) is 0 Å². The van der Waals surface area contributed by atoms with Gasteiger partial charge in [-0.05, 0) is 18.1 Å². The molecule has 2 heterocycles. The third kappa shape index (κ3) is 3.71. The van der Waals surface area contributed by atoms with Crippen LogP contribution in [0.5, 0.6) is 5.75 Å². The minimum absolute atomic E-state index is 0. The van der Waals surface area contributed by atoms with Crippen LogP contribution in [0, 0.1) is 0 Å². The highest BCUT2D eigenvalue weighted by Gasteiger charge is 2.23. The lowest BCUT2D eigenvalue weighted by atomic mass is 10.1. The Balaban J connectivity index is 0.00000208. The first-order valence-electron chi connectivity index (χ1n) is 7.85. The summed E-state index contributed by atoms with van der Waals surface area (Å²) in [4.78, 5) is 14.4. The van der Waals surface area contributed by atoms with Crippen molar-refractivity contribution in [1.82, 2.24) is 20.4 Å². The van der Waals surface area contributed by atoms with Gasteiger partial charge in [0.05, 0.1) is 7.11 Å². The molecule has 1 aromatic heterocycles. The molecule has 0 radical (unpaired) electrons. The van der Waals surface area contributed by atoms with Gasteiger partial charge >= 0.3 is 0 Å². The fraction of sp³-hybridized carbons (Fsp3) is 0.412. The first kappa shape index (κ1) is 18.3. The Bertz CT molecular complexity index is 702. The van der Waals surface area contributed by atoms with Crippen LogP contribution >= 0.6 is 12.4 Å². The van der Waals surface area contributed by atoms with Gasteiger partial charge in [-0.1, -0.05) is 18.2 Å². The molecule has 0 bridgehead atoms. The normalized spacial score (nSPS) is 12.9. The van der Waals surface area contributed by atoms with Crippen LogP contribution in [0.15, 0.2) is 24.3 Å². The number of rotatable bonds is 5. The van der Waals surface area contributed by atoms with Crippen LogP contribution in [-0.2, 0) is 19.4 Å². The third-order valence-corrected chi connectivity index (χ3v) is 4.26. The quantitative estimate of drug-likeness (QED) is 0.862. The number of H-pyrrole nitrogens is 1. The van der Waals surface area contributed by atoms with Crippen LogP contribution in [0.4, 0.5) is 0 Å². The van der Waals surface area contributed by atoms with Gasteiger partial charge in [-0.2, -0.15) is 5.10 Å². The Hall–Kier alpha value is -2.05. The van der Waals surface area contributed by atoms with E-state index in [4.69, 9.17) is 4.74 Å². The van der Waals surface area contributed by atoms with Crippen molar-refractivity contribution in [1.29, 1.82) is 0 Å². The van der Waals surface area contributed by atoms with Crippen LogP contribution < -0.4 is 10.1 Å². The molecule has 0 saturated carbocycles. The number of ether oxygens (including phenoxy) is 1. The average molecular weight is 351 g/mol. The van der Waals surface area contributed by atoms with E-state index in [2.05, 4.69) is 15.5 Å². The second-order valence-electron chi connectivity index (χ2n) is 5.74. The molecule has 0 saturated heterocycles. The fourth-order valence-corrected chi connectivity index (χ4v) is 2.88. The van der Waals surface area contributed by atoms with Crippen LogP contribution in [-0.4, -0.2) is 48.3 Å². The van der Waals surface area contributed by atoms with Crippen molar-refractivity contribution in [2.24, 2.45) is 0 Å². The number of carbonyl (C=O) groups excluding carboxylic acids is 1. The second kappa shape index (κ2) is 8.17. The maximum Gasteiger partial charge on any atom is 0.274 e. The van der Waals surface area contributed by atoms with Crippen LogP contribution in [0.1, 0.15) is 27.3 Å². The predicted molar refractivity (Wildman–Crippen MR) is 94.9 cm³/mol. The van der Waals surface area contributed by atoms with Crippen LogP contribution in [0.3, 0.4) is 0 Å². The molecule has 6 nitrogen and oxygen atoms in total. The van der Waals surface area contributed by atoms with Gasteiger partial charge in [0.1, 0.15) is 5.75 Å². The highest BCUT2D eigenvalue weighted by Crippen LogP contribution is 2.19. The monoisotopic (exact) mass is 350 g/mol. The molecule has 1 aromatic carbocycles. The van der Waals surface area contributed by atoms with E-state index in [9.17, 15) is 4.79 Å². The number of nitrogens with one attached hydrogen (secondary N) is 2. The van der Waals surface area contributed by atoms with Crippen LogP contribution in [0.25, 0.3) is 0 Å². The Morgan fingerprint density at radius 3 is 2.96 bits per heavy atom. The SMILES string of the molecule is COc1ccccc1CCN(C)C(=O)c1n[nH]c2c1CNCC2.Cl. The van der Waals surface area contributed by atoms with E-state index in [1.807, 2.05) is 31.3 Å². The van der Waals surface area contributed by atoms with Crippen molar-refractivity contribution in [2.45, 2.75) is 19.4 Å². The van der Waals surface area contributed by atoms with E-state index in [-0.39, 0.29) is 18.3 Å². The summed E-state index contributed by atoms with van der Waals surface area (Å²) in [6.45, 7) is 2.24. The standard InChI is InChI=1S/C17H22N4O2.ClH/c1-21(10-8-12-5-3-4-6-15(12)23-2)17(22)16-13-11-18-9-7-14(13)19-20-16;/h3-6,18H,7-11H2,1-2H3,(H,19,20);1H. The van der Waals surface area contributed by atoms with Gasteiger partial charge in [0, 0.05) is 44.4 Å². The van der Waals surface area contributed by atoms with Gasteiger partial charge in [0.2, 0.25) is 0 Å². The number of hydrogen-bond donors (Lipinski definition) is 2. The van der Waals surface area contributed by atoms with Gasteiger partial charge < -0.3 is 15.0 Å². The number of hydrogen-bond acceptors (Lipinski definition) is 4. The number of aromatic amines is 1. The Morgan fingerprint density at radius 2 is 2.17 bits per heavy atom. The molecule has 0 spiro atoms. The first-order valence-corrected chi connectivity index (χ1v) is 7.85. The summed E-state index contributed by atoms with van der Waals surface area (Å²) in [6.07, 6.45) is 1.64. The maximum atomic E-state index is 12.6. The smallest absolute Gasteiger partial charge is 0.274 e. The summed E-state index contributed by atoms with van der Waals surface area (Å²) in [5.41, 5.74) is 3.71. The van der Waals surface area contributed by atoms with E-state index >= 15 is 0 Å². The number of likely N-dealkylation sites (N-methyl/N-ethyl adjacent to an activating group) is 1. The van der Waals surface area contributed by atoms with Crippen molar-refractivity contribution in [2.75, 3.05) is 27.2 Å². The lowest BCUT2D eigenvalue weighted by Gasteiger charge is -2.19. The topological polar surface area (TPSA) is 70.2 Å². The predicted octanol–water partition coefficient (Wildman–Crippen LogP) is 1.80. The summed E-state index contributed by atoms with van der Waals surface area (Å²) >= 11 is 0. The van der Waals surface area contributed by atoms with Crippen molar-refractivity contribution in [3.8, 4) is 5.75 Å². The van der Waals surface area contributed by atoms with Gasteiger partial charge in [0.15, 0.2) is 5.69 Å². The highest BCUT2D eigenvalue weighted by molar-refractivity contribution is 5.93. The Labute approximate surface area is 148 Å². The minimum atomic E-state index is -0.0407. The van der Waals surface area contributed by atoms with Gasteiger partial charge in [-0.15, -0.1) is 12.4 Å². The van der Waals surface area contributed by atoms with E-state index < -0.39 is 0 Å². The highest BCUT2D eigenvalue weighted by atomic mass is 35.5. The van der Waals surface area contributed by atoms with E-state index in [0.29, 0.717) is 18.8 Å². The lowest BCUT2D eigenvalue weighted by molar-refractivity contribution is 0.0789.